The van der Waals surface area contributed by atoms with Gasteiger partial charge in [0.1, 0.15) is 6.61 Å². The average Bonchev–Trinajstić information content (AvgIpc) is 2.70. The zero-order chi connectivity index (χ0) is 13.7. The first-order valence-corrected chi connectivity index (χ1v) is 6.89. The summed E-state index contributed by atoms with van der Waals surface area (Å²) < 4.78 is 1.86. The lowest BCUT2D eigenvalue weighted by Gasteiger charge is -2.23. The molecule has 0 aromatic carbocycles. The standard InChI is InChI=1S/C11H19N3O3S/c1-4-8(7(2)3)14-9(5-15)12-13-11(14)18-6-10(16)17/h7-8,15H,4-6H2,1-3H3,(H,16,17). The van der Waals surface area contributed by atoms with E-state index < -0.39 is 5.97 Å². The van der Waals surface area contributed by atoms with E-state index in [-0.39, 0.29) is 18.4 Å². The molecule has 1 atom stereocenters. The summed E-state index contributed by atoms with van der Waals surface area (Å²) in [4.78, 5) is 10.6. The third kappa shape index (κ3) is 3.46. The van der Waals surface area contributed by atoms with Crippen LogP contribution in [0.5, 0.6) is 0 Å². The number of rotatable bonds is 7. The molecule has 1 rings (SSSR count). The van der Waals surface area contributed by atoms with Crippen LogP contribution in [-0.2, 0) is 11.4 Å². The number of aromatic nitrogens is 3. The van der Waals surface area contributed by atoms with Crippen molar-refractivity contribution in [2.24, 2.45) is 5.92 Å². The van der Waals surface area contributed by atoms with Crippen LogP contribution < -0.4 is 0 Å². The Bertz CT molecular complexity index is 406. The van der Waals surface area contributed by atoms with Crippen molar-refractivity contribution in [3.05, 3.63) is 5.82 Å². The van der Waals surface area contributed by atoms with Crippen molar-refractivity contribution in [3.63, 3.8) is 0 Å². The molecule has 18 heavy (non-hydrogen) atoms. The van der Waals surface area contributed by atoms with Crippen molar-refractivity contribution >= 4 is 17.7 Å². The van der Waals surface area contributed by atoms with Gasteiger partial charge < -0.3 is 14.8 Å². The van der Waals surface area contributed by atoms with Crippen molar-refractivity contribution in [1.29, 1.82) is 0 Å². The van der Waals surface area contributed by atoms with Crippen molar-refractivity contribution in [1.82, 2.24) is 14.8 Å². The van der Waals surface area contributed by atoms with Crippen LogP contribution in [0.4, 0.5) is 0 Å². The lowest BCUT2D eigenvalue weighted by Crippen LogP contribution is -2.18. The van der Waals surface area contributed by atoms with Crippen LogP contribution >= 0.6 is 11.8 Å². The third-order valence-corrected chi connectivity index (χ3v) is 3.65. The Labute approximate surface area is 110 Å². The van der Waals surface area contributed by atoms with Crippen LogP contribution in [0, 0.1) is 5.92 Å². The van der Waals surface area contributed by atoms with Crippen LogP contribution in [0.15, 0.2) is 5.16 Å². The summed E-state index contributed by atoms with van der Waals surface area (Å²) in [6, 6.07) is 0.165. The number of carbonyl (C=O) groups is 1. The SMILES string of the molecule is CCC(C(C)C)n1c(CO)nnc1SCC(=O)O. The molecule has 1 heterocycles. The number of aliphatic hydroxyl groups excluding tert-OH is 1. The number of nitrogens with zero attached hydrogens (tertiary/aromatic N) is 3. The van der Waals surface area contributed by atoms with Crippen molar-refractivity contribution in [2.75, 3.05) is 5.75 Å². The Morgan fingerprint density at radius 1 is 1.44 bits per heavy atom. The molecule has 2 N–H and O–H groups in total. The maximum absolute atomic E-state index is 10.6. The number of thioether (sulfide) groups is 1. The second kappa shape index (κ2) is 6.75. The predicted molar refractivity (Wildman–Crippen MR) is 68.5 cm³/mol. The van der Waals surface area contributed by atoms with Gasteiger partial charge in [0.25, 0.3) is 0 Å². The van der Waals surface area contributed by atoms with Crippen LogP contribution in [0.1, 0.15) is 39.1 Å². The zero-order valence-corrected chi connectivity index (χ0v) is 11.6. The number of hydrogen-bond acceptors (Lipinski definition) is 5. The second-order valence-corrected chi connectivity index (χ2v) is 5.27. The molecule has 0 bridgehead atoms. The molecule has 102 valence electrons. The normalized spacial score (nSPS) is 12.9. The number of aliphatic carboxylic acids is 1. The number of carboxylic acid groups (broad SMARTS) is 1. The first kappa shape index (κ1) is 15.0. The molecular formula is C11H19N3O3S. The Balaban J connectivity index is 3.04. The van der Waals surface area contributed by atoms with E-state index >= 15 is 0 Å². The first-order chi connectivity index (χ1) is 8.51. The topological polar surface area (TPSA) is 88.2 Å². The summed E-state index contributed by atoms with van der Waals surface area (Å²) in [5, 5.41) is 26.4. The predicted octanol–water partition coefficient (Wildman–Crippen LogP) is 1.55. The Morgan fingerprint density at radius 3 is 2.56 bits per heavy atom. The van der Waals surface area contributed by atoms with Gasteiger partial charge >= 0.3 is 5.97 Å². The van der Waals surface area contributed by atoms with Crippen molar-refractivity contribution < 1.29 is 15.0 Å². The molecule has 0 radical (unpaired) electrons. The molecule has 6 nitrogen and oxygen atoms in total. The minimum atomic E-state index is -0.891. The Morgan fingerprint density at radius 2 is 2.11 bits per heavy atom. The molecule has 1 unspecified atom stereocenters. The fourth-order valence-corrected chi connectivity index (χ4v) is 2.66. The molecule has 0 spiro atoms. The highest BCUT2D eigenvalue weighted by Crippen LogP contribution is 2.28. The van der Waals surface area contributed by atoms with Gasteiger partial charge in [-0.15, -0.1) is 10.2 Å². The van der Waals surface area contributed by atoms with E-state index in [1.807, 2.05) is 4.57 Å². The molecule has 0 amide bonds. The van der Waals surface area contributed by atoms with Gasteiger partial charge in [-0.1, -0.05) is 32.5 Å². The number of carboxylic acids is 1. The summed E-state index contributed by atoms with van der Waals surface area (Å²) in [6.07, 6.45) is 0.878. The van der Waals surface area contributed by atoms with Crippen LogP contribution in [-0.4, -0.2) is 36.7 Å². The largest absolute Gasteiger partial charge is 0.481 e. The van der Waals surface area contributed by atoms with E-state index in [0.717, 1.165) is 18.2 Å². The smallest absolute Gasteiger partial charge is 0.313 e. The van der Waals surface area contributed by atoms with E-state index in [2.05, 4.69) is 31.0 Å². The summed E-state index contributed by atoms with van der Waals surface area (Å²) >= 11 is 1.13. The first-order valence-electron chi connectivity index (χ1n) is 5.90. The molecule has 0 aliphatic heterocycles. The maximum atomic E-state index is 10.6. The van der Waals surface area contributed by atoms with Gasteiger partial charge in [-0.2, -0.15) is 0 Å². The van der Waals surface area contributed by atoms with Crippen molar-refractivity contribution in [3.8, 4) is 0 Å². The minimum Gasteiger partial charge on any atom is -0.481 e. The highest BCUT2D eigenvalue weighted by atomic mass is 32.2. The lowest BCUT2D eigenvalue weighted by atomic mass is 10.0. The number of hydrogen-bond donors (Lipinski definition) is 2. The highest BCUT2D eigenvalue weighted by molar-refractivity contribution is 7.99. The van der Waals surface area contributed by atoms with E-state index in [0.29, 0.717) is 16.9 Å². The monoisotopic (exact) mass is 273 g/mol. The van der Waals surface area contributed by atoms with Gasteiger partial charge in [0.15, 0.2) is 11.0 Å². The molecular weight excluding hydrogens is 254 g/mol. The van der Waals surface area contributed by atoms with Gasteiger partial charge in [0, 0.05) is 6.04 Å². The quantitative estimate of drug-likeness (QED) is 0.733. The minimum absolute atomic E-state index is 0.0574. The van der Waals surface area contributed by atoms with Crippen molar-refractivity contribution in [2.45, 2.75) is 45.0 Å². The second-order valence-electron chi connectivity index (χ2n) is 4.33. The zero-order valence-electron chi connectivity index (χ0n) is 10.8. The van der Waals surface area contributed by atoms with Gasteiger partial charge in [-0.05, 0) is 12.3 Å². The molecule has 0 aliphatic rings. The summed E-state index contributed by atoms with van der Waals surface area (Å²) in [7, 11) is 0. The van der Waals surface area contributed by atoms with E-state index in [4.69, 9.17) is 5.11 Å². The molecule has 0 aliphatic carbocycles. The maximum Gasteiger partial charge on any atom is 0.313 e. The Hall–Kier alpha value is -1.08. The molecule has 1 aromatic heterocycles. The van der Waals surface area contributed by atoms with Gasteiger partial charge in [-0.3, -0.25) is 4.79 Å². The lowest BCUT2D eigenvalue weighted by molar-refractivity contribution is -0.133. The number of aliphatic hydroxyl groups is 1. The van der Waals surface area contributed by atoms with Gasteiger partial charge in [0.05, 0.1) is 5.75 Å². The molecule has 1 aromatic rings. The summed E-state index contributed by atoms with van der Waals surface area (Å²) in [6.45, 7) is 6.03. The van der Waals surface area contributed by atoms with E-state index in [9.17, 15) is 9.90 Å². The molecule has 7 heteroatoms. The fourth-order valence-electron chi connectivity index (χ4n) is 1.93. The third-order valence-electron chi connectivity index (χ3n) is 2.72. The highest BCUT2D eigenvalue weighted by Gasteiger charge is 2.22. The summed E-state index contributed by atoms with van der Waals surface area (Å²) in [5.41, 5.74) is 0. The van der Waals surface area contributed by atoms with Gasteiger partial charge in [-0.25, -0.2) is 0 Å². The van der Waals surface area contributed by atoms with Crippen LogP contribution in [0.25, 0.3) is 0 Å². The summed E-state index contributed by atoms with van der Waals surface area (Å²) in [5.74, 6) is -0.0976. The van der Waals surface area contributed by atoms with Gasteiger partial charge in [0.2, 0.25) is 0 Å². The van der Waals surface area contributed by atoms with Crippen LogP contribution in [0.2, 0.25) is 0 Å². The van der Waals surface area contributed by atoms with E-state index in [1.54, 1.807) is 0 Å². The molecule has 0 fully saturated rings. The average molecular weight is 273 g/mol. The van der Waals surface area contributed by atoms with Crippen LogP contribution in [0.3, 0.4) is 0 Å². The Kier molecular flexibility index (Phi) is 5.61. The molecule has 0 saturated heterocycles. The van der Waals surface area contributed by atoms with E-state index in [1.165, 1.54) is 0 Å². The molecule has 0 saturated carbocycles. The fraction of sp³-hybridized carbons (Fsp3) is 0.727.